The van der Waals surface area contributed by atoms with Gasteiger partial charge in [0.05, 0.1) is 27.0 Å². The van der Waals surface area contributed by atoms with Gasteiger partial charge in [0, 0.05) is 43.7 Å². The van der Waals surface area contributed by atoms with Gasteiger partial charge in [-0.3, -0.25) is 4.57 Å². The first-order valence-electron chi connectivity index (χ1n) is 9.90. The number of aromatic nitrogens is 4. The van der Waals surface area contributed by atoms with Crippen molar-refractivity contribution in [2.75, 3.05) is 45.1 Å². The monoisotopic (exact) mass is 441 g/mol. The van der Waals surface area contributed by atoms with Crippen molar-refractivity contribution in [3.05, 3.63) is 42.2 Å². The van der Waals surface area contributed by atoms with E-state index >= 15 is 0 Å². The molecule has 2 heterocycles. The third-order valence-electron chi connectivity index (χ3n) is 4.54. The van der Waals surface area contributed by atoms with E-state index < -0.39 is 0 Å². The van der Waals surface area contributed by atoms with Crippen molar-refractivity contribution >= 4 is 17.5 Å². The van der Waals surface area contributed by atoms with E-state index in [-0.39, 0.29) is 6.03 Å². The summed E-state index contributed by atoms with van der Waals surface area (Å²) in [6.45, 7) is 4.57. The number of benzene rings is 1. The number of urea groups is 1. The molecule has 0 bridgehead atoms. The zero-order chi connectivity index (χ0) is 23.1. The molecule has 0 aliphatic heterocycles. The lowest BCUT2D eigenvalue weighted by molar-refractivity contribution is 0.252. The van der Waals surface area contributed by atoms with E-state index in [1.807, 2.05) is 30.7 Å². The van der Waals surface area contributed by atoms with Gasteiger partial charge in [-0.15, -0.1) is 0 Å². The summed E-state index contributed by atoms with van der Waals surface area (Å²) in [6.07, 6.45) is 3.56. The molecule has 11 nitrogen and oxygen atoms in total. The number of hydrogen-bond acceptors (Lipinski definition) is 8. The average Bonchev–Trinajstić information content (AvgIpc) is 3.21. The van der Waals surface area contributed by atoms with Gasteiger partial charge in [0.25, 0.3) is 0 Å². The second-order valence-corrected chi connectivity index (χ2v) is 6.72. The summed E-state index contributed by atoms with van der Waals surface area (Å²) >= 11 is 0. The normalized spacial score (nSPS) is 10.4. The summed E-state index contributed by atoms with van der Waals surface area (Å²) < 4.78 is 17.8. The Hall–Kier alpha value is -4.02. The van der Waals surface area contributed by atoms with E-state index in [0.29, 0.717) is 47.7 Å². The second-order valence-electron chi connectivity index (χ2n) is 6.72. The molecule has 0 fully saturated rings. The van der Waals surface area contributed by atoms with Crippen LogP contribution in [0.15, 0.2) is 30.6 Å². The molecule has 0 saturated heterocycles. The summed E-state index contributed by atoms with van der Waals surface area (Å²) in [6, 6.07) is 4.78. The average molecular weight is 441 g/mol. The highest BCUT2D eigenvalue weighted by Gasteiger charge is 2.14. The number of ether oxygens (including phenoxy) is 3. The standard InChI is InChI=1S/C21H27N7O4/c1-13-25-18(12-19(26-13)28-9-8-22-14(28)2)23-6-7-24-21(29)27-15-10-16(30-3)20(32-5)17(11-15)31-4/h8-12H,6-7H2,1-5H3,(H,23,25,26)(H2,24,27,29). The van der Waals surface area contributed by atoms with Gasteiger partial charge in [0.2, 0.25) is 5.75 Å². The number of rotatable bonds is 9. The number of anilines is 2. The molecule has 170 valence electrons. The molecule has 0 radical (unpaired) electrons. The Kier molecular flexibility index (Phi) is 7.32. The van der Waals surface area contributed by atoms with Gasteiger partial charge < -0.3 is 30.2 Å². The van der Waals surface area contributed by atoms with Gasteiger partial charge in [-0.05, 0) is 13.8 Å². The van der Waals surface area contributed by atoms with Crippen molar-refractivity contribution in [3.63, 3.8) is 0 Å². The zero-order valence-corrected chi connectivity index (χ0v) is 18.7. The number of nitrogens with zero attached hydrogens (tertiary/aromatic N) is 4. The summed E-state index contributed by atoms with van der Waals surface area (Å²) in [5, 5.41) is 8.74. The van der Waals surface area contributed by atoms with Crippen molar-refractivity contribution < 1.29 is 19.0 Å². The van der Waals surface area contributed by atoms with Crippen LogP contribution >= 0.6 is 0 Å². The van der Waals surface area contributed by atoms with Gasteiger partial charge in [0.1, 0.15) is 23.3 Å². The quantitative estimate of drug-likeness (QED) is 0.433. The number of imidazole rings is 1. The number of methoxy groups -OCH3 is 3. The topological polar surface area (TPSA) is 124 Å². The van der Waals surface area contributed by atoms with Crippen LogP contribution in [0.3, 0.4) is 0 Å². The maximum absolute atomic E-state index is 12.3. The fraction of sp³-hybridized carbons (Fsp3) is 0.333. The lowest BCUT2D eigenvalue weighted by Gasteiger charge is -2.15. The maximum Gasteiger partial charge on any atom is 0.319 e. The van der Waals surface area contributed by atoms with Gasteiger partial charge in [-0.2, -0.15) is 0 Å². The summed E-state index contributed by atoms with van der Waals surface area (Å²) in [5.74, 6) is 4.20. The third-order valence-corrected chi connectivity index (χ3v) is 4.54. The van der Waals surface area contributed by atoms with Crippen molar-refractivity contribution in [1.82, 2.24) is 24.8 Å². The Balaban J connectivity index is 1.55. The lowest BCUT2D eigenvalue weighted by Crippen LogP contribution is -2.32. The first-order valence-corrected chi connectivity index (χ1v) is 9.90. The molecular weight excluding hydrogens is 414 g/mol. The molecule has 3 N–H and O–H groups in total. The van der Waals surface area contributed by atoms with Gasteiger partial charge in [-0.1, -0.05) is 0 Å². The third kappa shape index (κ3) is 5.36. The second kappa shape index (κ2) is 10.3. The minimum Gasteiger partial charge on any atom is -0.493 e. The Labute approximate surface area is 186 Å². The van der Waals surface area contributed by atoms with Crippen LogP contribution in [-0.4, -0.2) is 60.0 Å². The predicted molar refractivity (Wildman–Crippen MR) is 120 cm³/mol. The van der Waals surface area contributed by atoms with Crippen LogP contribution in [0.2, 0.25) is 0 Å². The molecule has 11 heteroatoms. The molecule has 0 aliphatic carbocycles. The number of nitrogens with one attached hydrogen (secondary N) is 3. The molecule has 0 atom stereocenters. The predicted octanol–water partition coefficient (Wildman–Crippen LogP) is 2.54. The van der Waals surface area contributed by atoms with Crippen molar-refractivity contribution in [2.45, 2.75) is 13.8 Å². The van der Waals surface area contributed by atoms with Crippen LogP contribution in [0.25, 0.3) is 5.82 Å². The number of carbonyl (C=O) groups is 1. The van der Waals surface area contributed by atoms with E-state index in [2.05, 4.69) is 30.9 Å². The number of amides is 2. The minimum absolute atomic E-state index is 0.366. The van der Waals surface area contributed by atoms with Crippen molar-refractivity contribution in [1.29, 1.82) is 0 Å². The molecule has 1 aromatic carbocycles. The smallest absolute Gasteiger partial charge is 0.319 e. The molecule has 3 aromatic rings. The highest BCUT2D eigenvalue weighted by molar-refractivity contribution is 5.90. The number of carbonyl (C=O) groups excluding carboxylic acids is 1. The summed E-state index contributed by atoms with van der Waals surface area (Å²) in [5.41, 5.74) is 0.511. The largest absolute Gasteiger partial charge is 0.493 e. The molecule has 2 aromatic heterocycles. The molecule has 3 rings (SSSR count). The first kappa shape index (κ1) is 22.7. The summed E-state index contributed by atoms with van der Waals surface area (Å²) in [7, 11) is 4.55. The summed E-state index contributed by atoms with van der Waals surface area (Å²) in [4.78, 5) is 25.3. The zero-order valence-electron chi connectivity index (χ0n) is 18.7. The lowest BCUT2D eigenvalue weighted by atomic mass is 10.2. The highest BCUT2D eigenvalue weighted by Crippen LogP contribution is 2.39. The molecule has 0 unspecified atom stereocenters. The molecule has 32 heavy (non-hydrogen) atoms. The Morgan fingerprint density at radius 2 is 1.72 bits per heavy atom. The first-order chi connectivity index (χ1) is 15.4. The van der Waals surface area contributed by atoms with Crippen LogP contribution in [0.5, 0.6) is 17.2 Å². The number of hydrogen-bond donors (Lipinski definition) is 3. The van der Waals surface area contributed by atoms with E-state index in [4.69, 9.17) is 14.2 Å². The highest BCUT2D eigenvalue weighted by atomic mass is 16.5. The molecule has 0 spiro atoms. The fourth-order valence-electron chi connectivity index (χ4n) is 3.08. The molecule has 2 amide bonds. The van der Waals surface area contributed by atoms with Crippen LogP contribution in [0.1, 0.15) is 11.6 Å². The van der Waals surface area contributed by atoms with E-state index in [1.54, 1.807) is 18.3 Å². The van der Waals surface area contributed by atoms with Crippen LogP contribution in [-0.2, 0) is 0 Å². The van der Waals surface area contributed by atoms with Crippen molar-refractivity contribution in [3.8, 4) is 23.1 Å². The van der Waals surface area contributed by atoms with Crippen LogP contribution in [0, 0.1) is 13.8 Å². The number of aryl methyl sites for hydroxylation is 2. The van der Waals surface area contributed by atoms with Gasteiger partial charge in [-0.25, -0.2) is 19.7 Å². The Bertz CT molecular complexity index is 1060. The molecular formula is C21H27N7O4. The maximum atomic E-state index is 12.3. The molecule has 0 aliphatic rings. The SMILES string of the molecule is COc1cc(NC(=O)NCCNc2cc(-n3ccnc3C)nc(C)n2)cc(OC)c1OC. The fourth-order valence-corrected chi connectivity index (χ4v) is 3.08. The van der Waals surface area contributed by atoms with E-state index in [0.717, 1.165) is 11.6 Å². The minimum atomic E-state index is -0.366. The van der Waals surface area contributed by atoms with Crippen LogP contribution in [0.4, 0.5) is 16.3 Å². The van der Waals surface area contributed by atoms with Gasteiger partial charge >= 0.3 is 6.03 Å². The van der Waals surface area contributed by atoms with Crippen molar-refractivity contribution in [2.24, 2.45) is 0 Å². The van der Waals surface area contributed by atoms with Gasteiger partial charge in [0.15, 0.2) is 11.5 Å². The Morgan fingerprint density at radius 3 is 2.31 bits per heavy atom. The molecule has 0 saturated carbocycles. The Morgan fingerprint density at radius 1 is 1.00 bits per heavy atom. The van der Waals surface area contributed by atoms with E-state index in [9.17, 15) is 4.79 Å². The van der Waals surface area contributed by atoms with E-state index in [1.165, 1.54) is 21.3 Å². The van der Waals surface area contributed by atoms with Crippen LogP contribution < -0.4 is 30.2 Å².